The molecule has 0 heterocycles. The van der Waals surface area contributed by atoms with E-state index in [4.69, 9.17) is 5.11 Å². The van der Waals surface area contributed by atoms with Crippen LogP contribution in [0.1, 0.15) is 13.3 Å². The third-order valence-corrected chi connectivity index (χ3v) is 2.73. The summed E-state index contributed by atoms with van der Waals surface area (Å²) in [5.41, 5.74) is 0.969. The Kier molecular flexibility index (Phi) is 5.04. The van der Waals surface area contributed by atoms with Crippen LogP contribution < -0.4 is 5.32 Å². The lowest BCUT2D eigenvalue weighted by Crippen LogP contribution is -2.07. The van der Waals surface area contributed by atoms with Crippen molar-refractivity contribution in [1.29, 1.82) is 0 Å². The highest BCUT2D eigenvalue weighted by molar-refractivity contribution is 7.99. The van der Waals surface area contributed by atoms with Gasteiger partial charge in [-0.1, -0.05) is 6.92 Å². The molecule has 0 unspecified atom stereocenters. The van der Waals surface area contributed by atoms with E-state index in [0.29, 0.717) is 6.54 Å². The molecule has 4 heteroatoms. The monoisotopic (exact) mass is 225 g/mol. The minimum atomic E-state index is -0.777. The molecule has 0 fully saturated rings. The van der Waals surface area contributed by atoms with Crippen LogP contribution in [0.25, 0.3) is 0 Å². The van der Waals surface area contributed by atoms with Gasteiger partial charge in [-0.2, -0.15) is 0 Å². The fourth-order valence-corrected chi connectivity index (χ4v) is 1.81. The fourth-order valence-electron chi connectivity index (χ4n) is 1.15. The van der Waals surface area contributed by atoms with Gasteiger partial charge in [0.25, 0.3) is 0 Å². The van der Waals surface area contributed by atoms with Crippen molar-refractivity contribution in [3.63, 3.8) is 0 Å². The van der Waals surface area contributed by atoms with Crippen molar-refractivity contribution in [3.8, 4) is 0 Å². The third-order valence-electron chi connectivity index (χ3n) is 1.83. The van der Waals surface area contributed by atoms with Gasteiger partial charge >= 0.3 is 5.97 Å². The molecule has 0 aliphatic heterocycles. The van der Waals surface area contributed by atoms with E-state index in [2.05, 4.69) is 12.2 Å². The highest BCUT2D eigenvalue weighted by Crippen LogP contribution is 2.19. The Morgan fingerprint density at radius 3 is 2.60 bits per heavy atom. The maximum Gasteiger partial charge on any atom is 0.305 e. The van der Waals surface area contributed by atoms with Crippen LogP contribution in [-0.2, 0) is 4.79 Å². The van der Waals surface area contributed by atoms with Crippen LogP contribution in [0.4, 0.5) is 5.69 Å². The highest BCUT2D eigenvalue weighted by atomic mass is 32.2. The SMILES string of the molecule is CCSc1ccc(NCCC(=O)O)cc1. The summed E-state index contributed by atoms with van der Waals surface area (Å²) in [6.45, 7) is 2.58. The van der Waals surface area contributed by atoms with Crippen molar-refractivity contribution in [3.05, 3.63) is 24.3 Å². The first-order valence-corrected chi connectivity index (χ1v) is 5.89. The average molecular weight is 225 g/mol. The number of benzene rings is 1. The zero-order valence-corrected chi connectivity index (χ0v) is 9.51. The Balaban J connectivity index is 2.39. The Bertz CT molecular complexity index is 311. The zero-order valence-electron chi connectivity index (χ0n) is 8.69. The first-order chi connectivity index (χ1) is 7.22. The summed E-state index contributed by atoms with van der Waals surface area (Å²) in [5.74, 6) is 0.284. The number of hydrogen-bond donors (Lipinski definition) is 2. The normalized spacial score (nSPS) is 9.93. The maximum absolute atomic E-state index is 10.3. The molecule has 0 amide bonds. The van der Waals surface area contributed by atoms with Gasteiger partial charge in [0, 0.05) is 17.1 Å². The lowest BCUT2D eigenvalue weighted by atomic mass is 10.3. The average Bonchev–Trinajstić information content (AvgIpc) is 2.20. The number of nitrogens with one attached hydrogen (secondary N) is 1. The van der Waals surface area contributed by atoms with Crippen molar-refractivity contribution in [1.82, 2.24) is 0 Å². The molecule has 2 N–H and O–H groups in total. The van der Waals surface area contributed by atoms with E-state index in [1.165, 1.54) is 4.90 Å². The first kappa shape index (κ1) is 11.9. The Labute approximate surface area is 93.9 Å². The summed E-state index contributed by atoms with van der Waals surface area (Å²) < 4.78 is 0. The number of carbonyl (C=O) groups is 1. The van der Waals surface area contributed by atoms with Crippen molar-refractivity contribution in [2.24, 2.45) is 0 Å². The van der Waals surface area contributed by atoms with Crippen molar-refractivity contribution < 1.29 is 9.90 Å². The van der Waals surface area contributed by atoms with Gasteiger partial charge in [-0.25, -0.2) is 0 Å². The molecule has 0 bridgehead atoms. The summed E-state index contributed by atoms with van der Waals surface area (Å²) in [6.07, 6.45) is 0.144. The molecule has 0 aliphatic rings. The maximum atomic E-state index is 10.3. The van der Waals surface area contributed by atoms with Gasteiger partial charge in [0.05, 0.1) is 6.42 Å². The quantitative estimate of drug-likeness (QED) is 0.731. The summed E-state index contributed by atoms with van der Waals surface area (Å²) >= 11 is 1.79. The smallest absolute Gasteiger partial charge is 0.305 e. The van der Waals surface area contributed by atoms with Gasteiger partial charge in [-0.05, 0) is 30.0 Å². The van der Waals surface area contributed by atoms with E-state index in [9.17, 15) is 4.79 Å². The molecule has 0 saturated carbocycles. The van der Waals surface area contributed by atoms with Crippen molar-refractivity contribution in [2.45, 2.75) is 18.2 Å². The molecule has 0 saturated heterocycles. The summed E-state index contributed by atoms with van der Waals surface area (Å²) in [6, 6.07) is 8.02. The molecule has 0 atom stereocenters. The molecule has 1 aromatic rings. The van der Waals surface area contributed by atoms with Crippen molar-refractivity contribution >= 4 is 23.4 Å². The number of hydrogen-bond acceptors (Lipinski definition) is 3. The molecule has 82 valence electrons. The molecule has 1 aromatic carbocycles. The minimum Gasteiger partial charge on any atom is -0.481 e. The number of carboxylic acids is 1. The zero-order chi connectivity index (χ0) is 11.1. The van der Waals surface area contributed by atoms with Crippen LogP contribution in [-0.4, -0.2) is 23.4 Å². The van der Waals surface area contributed by atoms with Gasteiger partial charge in [0.1, 0.15) is 0 Å². The molecular weight excluding hydrogens is 210 g/mol. The van der Waals surface area contributed by atoms with E-state index in [-0.39, 0.29) is 6.42 Å². The van der Waals surface area contributed by atoms with Gasteiger partial charge < -0.3 is 10.4 Å². The number of carboxylic acid groups (broad SMARTS) is 1. The first-order valence-electron chi connectivity index (χ1n) is 4.91. The lowest BCUT2D eigenvalue weighted by molar-refractivity contribution is -0.136. The third kappa shape index (κ3) is 4.74. The van der Waals surface area contributed by atoms with E-state index < -0.39 is 5.97 Å². The van der Waals surface area contributed by atoms with Gasteiger partial charge in [0.15, 0.2) is 0 Å². The van der Waals surface area contributed by atoms with Gasteiger partial charge in [0.2, 0.25) is 0 Å². The molecule has 15 heavy (non-hydrogen) atoms. The largest absolute Gasteiger partial charge is 0.481 e. The summed E-state index contributed by atoms with van der Waals surface area (Å²) in [4.78, 5) is 11.5. The number of anilines is 1. The standard InChI is InChI=1S/C11H15NO2S/c1-2-15-10-5-3-9(4-6-10)12-8-7-11(13)14/h3-6,12H,2,7-8H2,1H3,(H,13,14). The number of aliphatic carboxylic acids is 1. The number of thioether (sulfide) groups is 1. The summed E-state index contributed by atoms with van der Waals surface area (Å²) in [5, 5.41) is 11.5. The second-order valence-electron chi connectivity index (χ2n) is 3.03. The predicted molar refractivity (Wildman–Crippen MR) is 63.6 cm³/mol. The Morgan fingerprint density at radius 1 is 1.40 bits per heavy atom. The van der Waals surface area contributed by atoms with Crippen LogP contribution in [0.5, 0.6) is 0 Å². The van der Waals surface area contributed by atoms with Gasteiger partial charge in [-0.3, -0.25) is 4.79 Å². The van der Waals surface area contributed by atoms with Crippen LogP contribution in [0.2, 0.25) is 0 Å². The van der Waals surface area contributed by atoms with Crippen LogP contribution >= 0.6 is 11.8 Å². The Hall–Kier alpha value is -1.16. The predicted octanol–water partition coefficient (Wildman–Crippen LogP) is 2.69. The molecule has 3 nitrogen and oxygen atoms in total. The van der Waals surface area contributed by atoms with Crippen LogP contribution in [0.3, 0.4) is 0 Å². The topological polar surface area (TPSA) is 49.3 Å². The van der Waals surface area contributed by atoms with E-state index in [1.807, 2.05) is 24.3 Å². The molecular formula is C11H15NO2S. The second kappa shape index (κ2) is 6.35. The summed E-state index contributed by atoms with van der Waals surface area (Å²) in [7, 11) is 0. The van der Waals surface area contributed by atoms with Crippen LogP contribution in [0.15, 0.2) is 29.2 Å². The number of rotatable bonds is 6. The molecule has 0 spiro atoms. The van der Waals surface area contributed by atoms with Crippen LogP contribution in [0, 0.1) is 0 Å². The van der Waals surface area contributed by atoms with E-state index >= 15 is 0 Å². The molecule has 0 aliphatic carbocycles. The Morgan fingerprint density at radius 2 is 2.07 bits per heavy atom. The second-order valence-corrected chi connectivity index (χ2v) is 4.37. The van der Waals surface area contributed by atoms with Gasteiger partial charge in [-0.15, -0.1) is 11.8 Å². The molecule has 0 aromatic heterocycles. The highest BCUT2D eigenvalue weighted by Gasteiger charge is 1.97. The molecule has 0 radical (unpaired) electrons. The molecule has 1 rings (SSSR count). The minimum absolute atomic E-state index is 0.144. The fraction of sp³-hybridized carbons (Fsp3) is 0.364. The van der Waals surface area contributed by atoms with E-state index in [0.717, 1.165) is 11.4 Å². The van der Waals surface area contributed by atoms with Crippen molar-refractivity contribution in [2.75, 3.05) is 17.6 Å². The lowest BCUT2D eigenvalue weighted by Gasteiger charge is -2.05. The van der Waals surface area contributed by atoms with E-state index in [1.54, 1.807) is 11.8 Å².